The molecule has 0 amide bonds. The van der Waals surface area contributed by atoms with Gasteiger partial charge in [0.15, 0.2) is 6.10 Å². The SMILES string of the molecule is CC/C=C\C/C=C\C/C=C\CCCCCCCC(=O)OC(COC(=O)CCCCCCCCCCCCCCCCCCCC)COP(=O)(O)OCC. The Kier molecular flexibility index (Phi) is 38.6. The summed E-state index contributed by atoms with van der Waals surface area (Å²) in [6, 6.07) is 0. The first-order valence-electron chi connectivity index (χ1n) is 21.8. The highest BCUT2D eigenvalue weighted by atomic mass is 31.2. The smallest absolute Gasteiger partial charge is 0.462 e. The van der Waals surface area contributed by atoms with Gasteiger partial charge in [0.1, 0.15) is 6.61 Å². The lowest BCUT2D eigenvalue weighted by atomic mass is 10.0. The van der Waals surface area contributed by atoms with E-state index in [-0.39, 0.29) is 25.6 Å². The Morgan fingerprint density at radius 3 is 1.45 bits per heavy atom. The van der Waals surface area contributed by atoms with Gasteiger partial charge in [-0.15, -0.1) is 0 Å². The summed E-state index contributed by atoms with van der Waals surface area (Å²) in [5.74, 6) is -0.811. The number of carbonyl (C=O) groups excluding carboxylic acids is 2. The van der Waals surface area contributed by atoms with Crippen LogP contribution in [0.15, 0.2) is 36.5 Å². The van der Waals surface area contributed by atoms with Crippen LogP contribution >= 0.6 is 7.82 Å². The fourth-order valence-corrected chi connectivity index (χ4v) is 6.81. The van der Waals surface area contributed by atoms with Crippen LogP contribution in [0.1, 0.15) is 207 Å². The number of esters is 2. The summed E-state index contributed by atoms with van der Waals surface area (Å²) in [7, 11) is -4.28. The van der Waals surface area contributed by atoms with Crippen molar-refractivity contribution >= 4 is 19.8 Å². The molecule has 0 aliphatic carbocycles. The lowest BCUT2D eigenvalue weighted by Gasteiger charge is -2.19. The van der Waals surface area contributed by atoms with E-state index in [1.807, 2.05) is 0 Å². The van der Waals surface area contributed by atoms with E-state index in [9.17, 15) is 19.0 Å². The van der Waals surface area contributed by atoms with Gasteiger partial charge in [-0.05, 0) is 51.9 Å². The second kappa shape index (κ2) is 39.9. The minimum atomic E-state index is -4.28. The first kappa shape index (κ1) is 51.3. The number of ether oxygens (including phenoxy) is 2. The molecule has 53 heavy (non-hydrogen) atoms. The number of rotatable bonds is 40. The summed E-state index contributed by atoms with van der Waals surface area (Å²) in [4.78, 5) is 34.7. The van der Waals surface area contributed by atoms with Gasteiger partial charge in [0, 0.05) is 12.8 Å². The van der Waals surface area contributed by atoms with E-state index in [1.54, 1.807) is 6.92 Å². The summed E-state index contributed by atoms with van der Waals surface area (Å²) in [5.41, 5.74) is 0. The molecule has 0 saturated carbocycles. The average Bonchev–Trinajstić information content (AvgIpc) is 3.13. The van der Waals surface area contributed by atoms with E-state index in [0.717, 1.165) is 70.6 Å². The molecule has 0 radical (unpaired) electrons. The van der Waals surface area contributed by atoms with Crippen molar-refractivity contribution in [1.29, 1.82) is 0 Å². The fraction of sp³-hybridized carbons (Fsp3) is 0.818. The van der Waals surface area contributed by atoms with Gasteiger partial charge in [-0.25, -0.2) is 4.57 Å². The van der Waals surface area contributed by atoms with Gasteiger partial charge in [-0.1, -0.05) is 179 Å². The normalized spacial score (nSPS) is 13.7. The van der Waals surface area contributed by atoms with E-state index >= 15 is 0 Å². The molecule has 1 N–H and O–H groups in total. The zero-order valence-electron chi connectivity index (χ0n) is 34.4. The van der Waals surface area contributed by atoms with Crippen molar-refractivity contribution in [1.82, 2.24) is 0 Å². The van der Waals surface area contributed by atoms with E-state index in [4.69, 9.17) is 18.5 Å². The van der Waals surface area contributed by atoms with Gasteiger partial charge in [0.25, 0.3) is 0 Å². The number of carbonyl (C=O) groups is 2. The van der Waals surface area contributed by atoms with Crippen molar-refractivity contribution in [3.05, 3.63) is 36.5 Å². The highest BCUT2D eigenvalue weighted by Crippen LogP contribution is 2.43. The summed E-state index contributed by atoms with van der Waals surface area (Å²) in [6.07, 6.45) is 44.8. The van der Waals surface area contributed by atoms with Crippen LogP contribution in [0, 0.1) is 0 Å². The molecule has 2 atom stereocenters. The topological polar surface area (TPSA) is 108 Å². The van der Waals surface area contributed by atoms with Crippen molar-refractivity contribution < 1.29 is 37.6 Å². The van der Waals surface area contributed by atoms with E-state index < -0.39 is 26.5 Å². The molecule has 0 saturated heterocycles. The van der Waals surface area contributed by atoms with Crippen molar-refractivity contribution in [2.24, 2.45) is 0 Å². The summed E-state index contributed by atoms with van der Waals surface area (Å²) in [5, 5.41) is 0. The van der Waals surface area contributed by atoms with Crippen molar-refractivity contribution in [3.8, 4) is 0 Å². The van der Waals surface area contributed by atoms with Crippen LogP contribution in [0.5, 0.6) is 0 Å². The van der Waals surface area contributed by atoms with Crippen LogP contribution in [0.2, 0.25) is 0 Å². The highest BCUT2D eigenvalue weighted by Gasteiger charge is 2.25. The van der Waals surface area contributed by atoms with Crippen LogP contribution in [0.4, 0.5) is 0 Å². The lowest BCUT2D eigenvalue weighted by Crippen LogP contribution is -2.29. The van der Waals surface area contributed by atoms with E-state index in [2.05, 4.69) is 50.3 Å². The molecular weight excluding hydrogens is 687 g/mol. The maximum Gasteiger partial charge on any atom is 0.472 e. The van der Waals surface area contributed by atoms with Gasteiger partial charge >= 0.3 is 19.8 Å². The third-order valence-corrected chi connectivity index (χ3v) is 10.3. The van der Waals surface area contributed by atoms with Crippen LogP contribution in [0.3, 0.4) is 0 Å². The van der Waals surface area contributed by atoms with Gasteiger partial charge in [0.2, 0.25) is 0 Å². The van der Waals surface area contributed by atoms with Crippen LogP contribution in [0.25, 0.3) is 0 Å². The quantitative estimate of drug-likeness (QED) is 0.0284. The summed E-state index contributed by atoms with van der Waals surface area (Å²) in [6.45, 7) is 5.36. The number of allylic oxidation sites excluding steroid dienone is 6. The Bertz CT molecular complexity index is 963. The molecule has 2 unspecified atom stereocenters. The molecule has 0 heterocycles. The molecule has 0 rings (SSSR count). The standard InChI is InChI=1S/C44H81O8P/c1-4-7-9-11-13-15-17-19-21-22-23-25-26-28-30-32-34-36-38-43(45)49-40-42(41-51-53(47,48)50-6-3)52-44(46)39-37-35-33-31-29-27-24-20-18-16-14-12-10-8-5-2/h8,10,14,16,20,24,42H,4-7,9,11-13,15,17-19,21-23,25-41H2,1-3H3,(H,47,48)/b10-8-,16-14-,24-20-. The van der Waals surface area contributed by atoms with Gasteiger partial charge in [-0.3, -0.25) is 18.6 Å². The Morgan fingerprint density at radius 1 is 0.528 bits per heavy atom. The molecule has 0 aliphatic rings. The fourth-order valence-electron chi connectivity index (χ4n) is 6.06. The van der Waals surface area contributed by atoms with E-state index in [0.29, 0.717) is 12.8 Å². The molecule has 310 valence electrons. The first-order chi connectivity index (χ1) is 25.8. The molecule has 0 spiro atoms. The molecule has 8 nitrogen and oxygen atoms in total. The largest absolute Gasteiger partial charge is 0.472 e. The molecule has 0 bridgehead atoms. The molecule has 0 aliphatic heterocycles. The van der Waals surface area contributed by atoms with Crippen LogP contribution < -0.4 is 0 Å². The molecule has 9 heteroatoms. The van der Waals surface area contributed by atoms with E-state index in [1.165, 1.54) is 96.3 Å². The highest BCUT2D eigenvalue weighted by molar-refractivity contribution is 7.47. The average molecular weight is 769 g/mol. The zero-order chi connectivity index (χ0) is 38.9. The van der Waals surface area contributed by atoms with Gasteiger partial charge in [0.05, 0.1) is 13.2 Å². The predicted octanol–water partition coefficient (Wildman–Crippen LogP) is 13.6. The summed E-state index contributed by atoms with van der Waals surface area (Å²) < 4.78 is 32.6. The van der Waals surface area contributed by atoms with Gasteiger partial charge < -0.3 is 14.4 Å². The minimum absolute atomic E-state index is 0.00253. The third-order valence-electron chi connectivity index (χ3n) is 9.21. The zero-order valence-corrected chi connectivity index (χ0v) is 35.3. The molecule has 0 fully saturated rings. The maximum atomic E-state index is 12.5. The third kappa shape index (κ3) is 39.8. The molecular formula is C44H81O8P. The minimum Gasteiger partial charge on any atom is -0.462 e. The number of hydrogen-bond donors (Lipinski definition) is 1. The second-order valence-electron chi connectivity index (χ2n) is 14.3. The Morgan fingerprint density at radius 2 is 0.962 bits per heavy atom. The van der Waals surface area contributed by atoms with Crippen molar-refractivity contribution in [2.75, 3.05) is 19.8 Å². The number of unbranched alkanes of at least 4 members (excludes halogenated alkanes) is 22. The second-order valence-corrected chi connectivity index (χ2v) is 15.8. The van der Waals surface area contributed by atoms with Gasteiger partial charge in [-0.2, -0.15) is 0 Å². The Hall–Kier alpha value is -1.73. The van der Waals surface area contributed by atoms with Crippen LogP contribution in [-0.2, 0) is 32.7 Å². The lowest BCUT2D eigenvalue weighted by molar-refractivity contribution is -0.161. The maximum absolute atomic E-state index is 12.5. The number of phosphoric acid groups is 1. The number of phosphoric ester groups is 1. The molecule has 0 aromatic heterocycles. The summed E-state index contributed by atoms with van der Waals surface area (Å²) >= 11 is 0. The number of hydrogen-bond acceptors (Lipinski definition) is 7. The Labute approximate surface area is 325 Å². The Balaban J connectivity index is 4.06. The molecule has 0 aromatic carbocycles. The van der Waals surface area contributed by atoms with Crippen molar-refractivity contribution in [2.45, 2.75) is 213 Å². The molecule has 0 aromatic rings. The predicted molar refractivity (Wildman–Crippen MR) is 221 cm³/mol. The monoisotopic (exact) mass is 769 g/mol. The first-order valence-corrected chi connectivity index (χ1v) is 23.3. The van der Waals surface area contributed by atoms with Crippen LogP contribution in [-0.4, -0.2) is 42.8 Å². The van der Waals surface area contributed by atoms with Crippen molar-refractivity contribution in [3.63, 3.8) is 0 Å².